The molecule has 0 unspecified atom stereocenters. The van der Waals surface area contributed by atoms with Crippen LogP contribution in [0.2, 0.25) is 0 Å². The molecule has 6 heteroatoms. The van der Waals surface area contributed by atoms with Gasteiger partial charge in [-0.2, -0.15) is 5.26 Å². The van der Waals surface area contributed by atoms with Gasteiger partial charge in [0.15, 0.2) is 0 Å². The summed E-state index contributed by atoms with van der Waals surface area (Å²) >= 11 is 0. The lowest BCUT2D eigenvalue weighted by Crippen LogP contribution is -2.26. The summed E-state index contributed by atoms with van der Waals surface area (Å²) in [6.45, 7) is -0.219. The SMILES string of the molecule is COc1ccc2nc(N(C)CC(=O)O)c(C#N)cc2c1. The molecule has 0 atom stereocenters. The van der Waals surface area contributed by atoms with Crippen LogP contribution in [0.5, 0.6) is 5.75 Å². The van der Waals surface area contributed by atoms with Crippen LogP contribution >= 0.6 is 0 Å². The quantitative estimate of drug-likeness (QED) is 0.909. The van der Waals surface area contributed by atoms with E-state index < -0.39 is 5.97 Å². The van der Waals surface area contributed by atoms with Gasteiger partial charge in [-0.05, 0) is 24.3 Å². The molecule has 0 saturated carbocycles. The highest BCUT2D eigenvalue weighted by Crippen LogP contribution is 2.25. The topological polar surface area (TPSA) is 86.4 Å². The zero-order valence-corrected chi connectivity index (χ0v) is 11.1. The van der Waals surface area contributed by atoms with E-state index in [0.717, 1.165) is 5.39 Å². The van der Waals surface area contributed by atoms with E-state index in [2.05, 4.69) is 4.98 Å². The van der Waals surface area contributed by atoms with Crippen molar-refractivity contribution >= 4 is 22.7 Å². The van der Waals surface area contributed by atoms with Crippen molar-refractivity contribution in [2.24, 2.45) is 0 Å². The van der Waals surface area contributed by atoms with Crippen molar-refractivity contribution in [2.75, 3.05) is 25.6 Å². The van der Waals surface area contributed by atoms with E-state index in [-0.39, 0.29) is 6.54 Å². The van der Waals surface area contributed by atoms with Gasteiger partial charge in [-0.3, -0.25) is 4.79 Å². The second kappa shape index (κ2) is 5.45. The van der Waals surface area contributed by atoms with E-state index in [1.54, 1.807) is 38.4 Å². The van der Waals surface area contributed by atoms with Crippen LogP contribution in [0.4, 0.5) is 5.82 Å². The number of fused-ring (bicyclic) bond motifs is 1. The Morgan fingerprint density at radius 2 is 2.25 bits per heavy atom. The van der Waals surface area contributed by atoms with Crippen molar-refractivity contribution in [3.05, 3.63) is 29.8 Å². The first kappa shape index (κ1) is 13.6. The molecule has 0 saturated heterocycles. The Hall–Kier alpha value is -2.81. The van der Waals surface area contributed by atoms with Crippen molar-refractivity contribution in [2.45, 2.75) is 0 Å². The highest BCUT2D eigenvalue weighted by molar-refractivity contribution is 5.85. The first-order chi connectivity index (χ1) is 9.55. The van der Waals surface area contributed by atoms with Crippen molar-refractivity contribution < 1.29 is 14.6 Å². The summed E-state index contributed by atoms with van der Waals surface area (Å²) in [7, 11) is 3.15. The number of aromatic nitrogens is 1. The lowest BCUT2D eigenvalue weighted by atomic mass is 10.1. The number of anilines is 1. The summed E-state index contributed by atoms with van der Waals surface area (Å²) in [6.07, 6.45) is 0. The maximum atomic E-state index is 10.8. The predicted octanol–water partition coefficient (Wildman–Crippen LogP) is 1.64. The van der Waals surface area contributed by atoms with Gasteiger partial charge in [0.2, 0.25) is 0 Å². The van der Waals surface area contributed by atoms with Crippen LogP contribution in [0.25, 0.3) is 10.9 Å². The number of rotatable bonds is 4. The number of nitriles is 1. The highest BCUT2D eigenvalue weighted by atomic mass is 16.5. The molecule has 20 heavy (non-hydrogen) atoms. The largest absolute Gasteiger partial charge is 0.497 e. The minimum absolute atomic E-state index is 0.219. The van der Waals surface area contributed by atoms with Crippen LogP contribution in [0.1, 0.15) is 5.56 Å². The molecule has 1 aromatic heterocycles. The molecule has 0 bridgehead atoms. The maximum Gasteiger partial charge on any atom is 0.323 e. The molecule has 0 aliphatic rings. The van der Waals surface area contributed by atoms with Crippen molar-refractivity contribution in [3.8, 4) is 11.8 Å². The van der Waals surface area contributed by atoms with Crippen molar-refractivity contribution in [1.82, 2.24) is 4.98 Å². The third-order valence-electron chi connectivity index (χ3n) is 2.86. The number of carboxylic acid groups (broad SMARTS) is 1. The number of hydrogen-bond donors (Lipinski definition) is 1. The third-order valence-corrected chi connectivity index (χ3v) is 2.86. The van der Waals surface area contributed by atoms with E-state index in [0.29, 0.717) is 22.6 Å². The van der Waals surface area contributed by atoms with Gasteiger partial charge in [0.25, 0.3) is 0 Å². The average Bonchev–Trinajstić information content (AvgIpc) is 2.44. The Labute approximate surface area is 115 Å². The van der Waals surface area contributed by atoms with Gasteiger partial charge in [-0.15, -0.1) is 0 Å². The van der Waals surface area contributed by atoms with Gasteiger partial charge in [0.1, 0.15) is 24.2 Å². The number of nitrogens with zero attached hydrogens (tertiary/aromatic N) is 3. The number of carboxylic acids is 1. The second-order valence-corrected chi connectivity index (χ2v) is 4.28. The number of hydrogen-bond acceptors (Lipinski definition) is 5. The van der Waals surface area contributed by atoms with E-state index >= 15 is 0 Å². The Bertz CT molecular complexity index is 707. The number of carbonyl (C=O) groups is 1. The molecule has 0 amide bonds. The third kappa shape index (κ3) is 2.62. The van der Waals surface area contributed by atoms with E-state index in [1.165, 1.54) is 4.90 Å². The summed E-state index contributed by atoms with van der Waals surface area (Å²) in [5.41, 5.74) is 1.01. The molecule has 0 aliphatic heterocycles. The van der Waals surface area contributed by atoms with Gasteiger partial charge >= 0.3 is 5.97 Å². The fourth-order valence-electron chi connectivity index (χ4n) is 1.92. The number of ether oxygens (including phenoxy) is 1. The molecular formula is C14H13N3O3. The summed E-state index contributed by atoms with van der Waals surface area (Å²) in [4.78, 5) is 16.6. The molecule has 2 rings (SSSR count). The van der Waals surface area contributed by atoms with Crippen LogP contribution in [0, 0.1) is 11.3 Å². The minimum Gasteiger partial charge on any atom is -0.497 e. The van der Waals surface area contributed by atoms with Gasteiger partial charge in [-0.25, -0.2) is 4.98 Å². The predicted molar refractivity (Wildman–Crippen MR) is 73.9 cm³/mol. The molecule has 0 fully saturated rings. The highest BCUT2D eigenvalue weighted by Gasteiger charge is 2.13. The number of aliphatic carboxylic acids is 1. The molecule has 1 aromatic carbocycles. The molecular weight excluding hydrogens is 258 g/mol. The second-order valence-electron chi connectivity index (χ2n) is 4.28. The summed E-state index contributed by atoms with van der Waals surface area (Å²) in [5.74, 6) is 0.0513. The van der Waals surface area contributed by atoms with Crippen LogP contribution in [-0.2, 0) is 4.79 Å². The van der Waals surface area contributed by atoms with Crippen LogP contribution < -0.4 is 9.64 Å². The Kier molecular flexibility index (Phi) is 3.71. The first-order valence-electron chi connectivity index (χ1n) is 5.87. The van der Waals surface area contributed by atoms with E-state index in [9.17, 15) is 10.1 Å². The zero-order chi connectivity index (χ0) is 14.7. The molecule has 1 N–H and O–H groups in total. The zero-order valence-electron chi connectivity index (χ0n) is 11.1. The van der Waals surface area contributed by atoms with Crippen LogP contribution in [0.3, 0.4) is 0 Å². The monoisotopic (exact) mass is 271 g/mol. The summed E-state index contributed by atoms with van der Waals surface area (Å²) < 4.78 is 5.13. The molecule has 2 aromatic rings. The van der Waals surface area contributed by atoms with Gasteiger partial charge in [0.05, 0.1) is 18.2 Å². The van der Waals surface area contributed by atoms with Gasteiger partial charge in [-0.1, -0.05) is 0 Å². The smallest absolute Gasteiger partial charge is 0.323 e. The molecule has 6 nitrogen and oxygen atoms in total. The average molecular weight is 271 g/mol. The number of likely N-dealkylation sites (N-methyl/N-ethyl adjacent to an activating group) is 1. The van der Waals surface area contributed by atoms with E-state index in [1.807, 2.05) is 6.07 Å². The first-order valence-corrected chi connectivity index (χ1v) is 5.87. The normalized spacial score (nSPS) is 10.1. The lowest BCUT2D eigenvalue weighted by molar-refractivity contribution is -0.135. The fraction of sp³-hybridized carbons (Fsp3) is 0.214. The Morgan fingerprint density at radius 3 is 2.85 bits per heavy atom. The molecule has 1 heterocycles. The van der Waals surface area contributed by atoms with Crippen molar-refractivity contribution in [1.29, 1.82) is 5.26 Å². The van der Waals surface area contributed by atoms with Crippen LogP contribution in [-0.4, -0.2) is 36.8 Å². The minimum atomic E-state index is -0.979. The summed E-state index contributed by atoms with van der Waals surface area (Å²) in [6, 6.07) is 9.04. The fourth-order valence-corrected chi connectivity index (χ4v) is 1.92. The molecule has 0 radical (unpaired) electrons. The maximum absolute atomic E-state index is 10.8. The number of pyridine rings is 1. The number of methoxy groups -OCH3 is 1. The Balaban J connectivity index is 2.55. The molecule has 102 valence electrons. The summed E-state index contributed by atoms with van der Waals surface area (Å²) in [5, 5.41) is 18.8. The van der Waals surface area contributed by atoms with Crippen LogP contribution in [0.15, 0.2) is 24.3 Å². The molecule has 0 aliphatic carbocycles. The van der Waals surface area contributed by atoms with Gasteiger partial charge in [0, 0.05) is 12.4 Å². The standard InChI is InChI=1S/C14H13N3O3/c1-17(8-13(18)19)14-10(7-15)5-9-6-11(20-2)3-4-12(9)16-14/h3-6H,8H2,1-2H3,(H,18,19). The van der Waals surface area contributed by atoms with Gasteiger partial charge < -0.3 is 14.7 Å². The Morgan fingerprint density at radius 1 is 1.50 bits per heavy atom. The molecule has 0 spiro atoms. The van der Waals surface area contributed by atoms with Crippen molar-refractivity contribution in [3.63, 3.8) is 0 Å². The number of benzene rings is 1. The lowest BCUT2D eigenvalue weighted by Gasteiger charge is -2.17. The van der Waals surface area contributed by atoms with E-state index in [4.69, 9.17) is 9.84 Å².